The lowest BCUT2D eigenvalue weighted by atomic mass is 9.97. The van der Waals surface area contributed by atoms with E-state index in [2.05, 4.69) is 4.98 Å². The number of ether oxygens (including phenoxy) is 3. The molecule has 0 fully saturated rings. The zero-order valence-corrected chi connectivity index (χ0v) is 20.3. The third-order valence-corrected chi connectivity index (χ3v) is 6.25. The zero-order chi connectivity index (χ0) is 26.2. The molecule has 2 heterocycles. The molecule has 1 aromatic heterocycles. The van der Waals surface area contributed by atoms with E-state index in [4.69, 9.17) is 25.8 Å². The summed E-state index contributed by atoms with van der Waals surface area (Å²) in [4.78, 5) is 16.7. The van der Waals surface area contributed by atoms with Gasteiger partial charge in [0.05, 0.1) is 23.4 Å². The first kappa shape index (κ1) is 24.7. The van der Waals surface area contributed by atoms with Crippen molar-refractivity contribution >= 4 is 11.6 Å². The van der Waals surface area contributed by atoms with Gasteiger partial charge in [0.1, 0.15) is 23.9 Å². The quantitative estimate of drug-likeness (QED) is 0.285. The highest BCUT2D eigenvalue weighted by Crippen LogP contribution is 2.35. The number of benzene rings is 3. The van der Waals surface area contributed by atoms with Gasteiger partial charge in [-0.25, -0.2) is 4.79 Å². The number of rotatable bonds is 6. The molecule has 37 heavy (non-hydrogen) atoms. The largest absolute Gasteiger partial charge is 0.497 e. The SMILES string of the molecule is COc1ccc2c(c1)CCn1c-2cc(OCc2ccc(Oc3cccc(C(F)(F)F)c3)c(Cl)c2)nc1=O. The minimum Gasteiger partial charge on any atom is -0.497 e. The Morgan fingerprint density at radius 3 is 2.62 bits per heavy atom. The Hall–Kier alpha value is -3.98. The minimum atomic E-state index is -4.48. The van der Waals surface area contributed by atoms with Crippen LogP contribution in [0.25, 0.3) is 11.3 Å². The molecule has 0 spiro atoms. The van der Waals surface area contributed by atoms with E-state index in [0.717, 1.165) is 29.0 Å². The lowest BCUT2D eigenvalue weighted by molar-refractivity contribution is -0.137. The summed E-state index contributed by atoms with van der Waals surface area (Å²) in [7, 11) is 1.61. The highest BCUT2D eigenvalue weighted by atomic mass is 35.5. The van der Waals surface area contributed by atoms with Crippen LogP contribution in [0.15, 0.2) is 71.5 Å². The van der Waals surface area contributed by atoms with Gasteiger partial charge in [-0.2, -0.15) is 18.2 Å². The third-order valence-electron chi connectivity index (χ3n) is 5.95. The summed E-state index contributed by atoms with van der Waals surface area (Å²) in [5, 5.41) is 0.194. The average Bonchev–Trinajstić information content (AvgIpc) is 2.88. The average molecular weight is 529 g/mol. The maximum absolute atomic E-state index is 13.0. The Balaban J connectivity index is 1.32. The summed E-state index contributed by atoms with van der Waals surface area (Å²) >= 11 is 6.31. The molecule has 0 atom stereocenters. The number of alkyl halides is 3. The van der Waals surface area contributed by atoms with E-state index in [-0.39, 0.29) is 29.0 Å². The molecule has 5 rings (SSSR count). The number of aromatic nitrogens is 2. The number of fused-ring (bicyclic) bond motifs is 3. The molecular formula is C27H20ClF3N2O4. The topological polar surface area (TPSA) is 62.6 Å². The second kappa shape index (κ2) is 9.82. The number of methoxy groups -OCH3 is 1. The van der Waals surface area contributed by atoms with Crippen LogP contribution >= 0.6 is 11.6 Å². The minimum absolute atomic E-state index is 0.0114. The highest BCUT2D eigenvalue weighted by Gasteiger charge is 2.30. The molecule has 0 radical (unpaired) electrons. The standard InChI is InChI=1S/C27H20ClF3N2O4/c1-35-19-6-7-21-17(12-19)9-10-33-23(21)14-25(32-26(33)34)36-15-16-5-8-24(22(28)11-16)37-20-4-2-3-18(13-20)27(29,30)31/h2-8,11-14H,9-10,15H2,1H3. The molecule has 0 N–H and O–H groups in total. The molecule has 4 aromatic rings. The van der Waals surface area contributed by atoms with E-state index in [9.17, 15) is 18.0 Å². The van der Waals surface area contributed by atoms with Crippen LogP contribution < -0.4 is 19.9 Å². The first-order valence-electron chi connectivity index (χ1n) is 11.3. The molecule has 190 valence electrons. The number of hydrogen-bond acceptors (Lipinski definition) is 5. The number of aryl methyl sites for hydroxylation is 1. The summed E-state index contributed by atoms with van der Waals surface area (Å²) < 4.78 is 57.1. The first-order valence-corrected chi connectivity index (χ1v) is 11.6. The van der Waals surface area contributed by atoms with Crippen LogP contribution in [0.3, 0.4) is 0 Å². The van der Waals surface area contributed by atoms with Gasteiger partial charge in [-0.05, 0) is 66.1 Å². The lowest BCUT2D eigenvalue weighted by Gasteiger charge is -2.22. The molecule has 3 aromatic carbocycles. The van der Waals surface area contributed by atoms with Crippen molar-refractivity contribution in [1.29, 1.82) is 0 Å². The lowest BCUT2D eigenvalue weighted by Crippen LogP contribution is -2.28. The molecule has 0 saturated carbocycles. The van der Waals surface area contributed by atoms with Crippen molar-refractivity contribution in [3.05, 3.63) is 98.9 Å². The van der Waals surface area contributed by atoms with E-state index < -0.39 is 17.4 Å². The maximum atomic E-state index is 13.0. The smallest absolute Gasteiger partial charge is 0.416 e. The van der Waals surface area contributed by atoms with E-state index >= 15 is 0 Å². The molecule has 0 amide bonds. The van der Waals surface area contributed by atoms with Crippen LogP contribution in [0.5, 0.6) is 23.1 Å². The van der Waals surface area contributed by atoms with Gasteiger partial charge in [-0.15, -0.1) is 0 Å². The van der Waals surface area contributed by atoms with Gasteiger partial charge < -0.3 is 14.2 Å². The van der Waals surface area contributed by atoms with Gasteiger partial charge >= 0.3 is 11.9 Å². The van der Waals surface area contributed by atoms with Crippen molar-refractivity contribution in [2.24, 2.45) is 0 Å². The van der Waals surface area contributed by atoms with Gasteiger partial charge in [0, 0.05) is 18.2 Å². The van der Waals surface area contributed by atoms with Crippen molar-refractivity contribution in [3.8, 4) is 34.4 Å². The van der Waals surface area contributed by atoms with Gasteiger partial charge in [0.2, 0.25) is 5.88 Å². The number of halogens is 4. The summed E-state index contributed by atoms with van der Waals surface area (Å²) in [5.74, 6) is 1.12. The molecule has 0 saturated heterocycles. The molecule has 0 unspecified atom stereocenters. The Morgan fingerprint density at radius 2 is 1.86 bits per heavy atom. The Morgan fingerprint density at radius 1 is 1.03 bits per heavy atom. The van der Waals surface area contributed by atoms with Crippen molar-refractivity contribution in [3.63, 3.8) is 0 Å². The van der Waals surface area contributed by atoms with Crippen molar-refractivity contribution < 1.29 is 27.4 Å². The van der Waals surface area contributed by atoms with E-state index in [1.54, 1.807) is 35.9 Å². The fourth-order valence-electron chi connectivity index (χ4n) is 4.12. The number of nitrogens with zero attached hydrogens (tertiary/aromatic N) is 2. The van der Waals surface area contributed by atoms with Crippen molar-refractivity contribution in [1.82, 2.24) is 9.55 Å². The molecule has 10 heteroatoms. The van der Waals surface area contributed by atoms with Crippen molar-refractivity contribution in [2.75, 3.05) is 7.11 Å². The normalized spacial score (nSPS) is 12.5. The monoisotopic (exact) mass is 528 g/mol. The van der Waals surface area contributed by atoms with Crippen LogP contribution in [0, 0.1) is 0 Å². The maximum Gasteiger partial charge on any atom is 0.416 e. The van der Waals surface area contributed by atoms with E-state index in [1.807, 2.05) is 18.2 Å². The van der Waals surface area contributed by atoms with Crippen LogP contribution in [-0.2, 0) is 25.7 Å². The van der Waals surface area contributed by atoms with Gasteiger partial charge in [0.15, 0.2) is 0 Å². The Kier molecular flexibility index (Phi) is 6.55. The third kappa shape index (κ3) is 5.27. The van der Waals surface area contributed by atoms with E-state index in [1.165, 1.54) is 12.1 Å². The van der Waals surface area contributed by atoms with Crippen molar-refractivity contribution in [2.45, 2.75) is 25.7 Å². The van der Waals surface area contributed by atoms with Gasteiger partial charge in [-0.3, -0.25) is 4.57 Å². The highest BCUT2D eigenvalue weighted by molar-refractivity contribution is 6.32. The van der Waals surface area contributed by atoms with E-state index in [0.29, 0.717) is 24.2 Å². The summed E-state index contributed by atoms with van der Waals surface area (Å²) in [6, 6.07) is 16.8. The van der Waals surface area contributed by atoms with Crippen LogP contribution in [-0.4, -0.2) is 16.7 Å². The van der Waals surface area contributed by atoms with Gasteiger partial charge in [-0.1, -0.05) is 23.7 Å². The van der Waals surface area contributed by atoms with Gasteiger partial charge in [0.25, 0.3) is 0 Å². The molecule has 0 aliphatic carbocycles. The fourth-order valence-corrected chi connectivity index (χ4v) is 4.36. The Bertz CT molecular complexity index is 1540. The predicted molar refractivity (Wildman–Crippen MR) is 131 cm³/mol. The first-order chi connectivity index (χ1) is 17.7. The summed E-state index contributed by atoms with van der Waals surface area (Å²) in [6.07, 6.45) is -3.79. The number of hydrogen-bond donors (Lipinski definition) is 0. The van der Waals surface area contributed by atoms with Crippen LogP contribution in [0.1, 0.15) is 16.7 Å². The summed E-state index contributed by atoms with van der Waals surface area (Å²) in [5.41, 5.74) is 2.13. The zero-order valence-electron chi connectivity index (χ0n) is 19.5. The molecule has 1 aliphatic heterocycles. The molecule has 1 aliphatic rings. The van der Waals surface area contributed by atoms with Crippen LogP contribution in [0.2, 0.25) is 5.02 Å². The fraction of sp³-hybridized carbons (Fsp3) is 0.185. The molecule has 0 bridgehead atoms. The molecular weight excluding hydrogens is 509 g/mol. The second-order valence-corrected chi connectivity index (χ2v) is 8.78. The second-order valence-electron chi connectivity index (χ2n) is 8.37. The Labute approximate surface area is 214 Å². The summed E-state index contributed by atoms with van der Waals surface area (Å²) in [6.45, 7) is 0.569. The molecule has 6 nitrogen and oxygen atoms in total. The van der Waals surface area contributed by atoms with Crippen LogP contribution in [0.4, 0.5) is 13.2 Å². The predicted octanol–water partition coefficient (Wildman–Crippen LogP) is 6.52.